The first-order valence-electron chi connectivity index (χ1n) is 10.6. The standard InChI is InChI=1S/C26H25NO2S/c28-24-11-13-26(20-7-3-1-4-8-20,21-9-5-2-6-10-21)23-17-27(16-22(23)24)25(29)15-19-12-14-30-18-19/h1-10,12,14,18,22-23H,11,13,15-17H2. The van der Waals surface area contributed by atoms with Crippen molar-refractivity contribution in [3.05, 3.63) is 94.2 Å². The second-order valence-electron chi connectivity index (χ2n) is 8.49. The average Bonchev–Trinajstić information content (AvgIpc) is 3.46. The molecule has 2 heterocycles. The van der Waals surface area contributed by atoms with Gasteiger partial charge in [0.15, 0.2) is 0 Å². The normalized spacial score (nSPS) is 22.7. The predicted octanol–water partition coefficient (Wildman–Crippen LogP) is 4.71. The molecule has 5 rings (SSSR count). The molecular formula is C26H25NO2S. The topological polar surface area (TPSA) is 37.4 Å². The van der Waals surface area contributed by atoms with Crippen LogP contribution in [0.5, 0.6) is 0 Å². The number of rotatable bonds is 4. The minimum Gasteiger partial charge on any atom is -0.341 e. The third kappa shape index (κ3) is 3.20. The summed E-state index contributed by atoms with van der Waals surface area (Å²) in [6, 6.07) is 23.2. The Labute approximate surface area is 181 Å². The van der Waals surface area contributed by atoms with Gasteiger partial charge in [0.1, 0.15) is 5.78 Å². The molecule has 0 radical (unpaired) electrons. The van der Waals surface area contributed by atoms with Crippen LogP contribution in [0.1, 0.15) is 29.5 Å². The van der Waals surface area contributed by atoms with Gasteiger partial charge in [-0.3, -0.25) is 9.59 Å². The van der Waals surface area contributed by atoms with Crippen molar-refractivity contribution in [1.82, 2.24) is 4.90 Å². The third-order valence-corrected chi connectivity index (χ3v) is 7.73. The van der Waals surface area contributed by atoms with Gasteiger partial charge in [0.05, 0.1) is 6.42 Å². The van der Waals surface area contributed by atoms with Crippen molar-refractivity contribution in [2.45, 2.75) is 24.7 Å². The molecule has 30 heavy (non-hydrogen) atoms. The van der Waals surface area contributed by atoms with Gasteiger partial charge in [-0.1, -0.05) is 60.7 Å². The van der Waals surface area contributed by atoms with Crippen LogP contribution >= 0.6 is 11.3 Å². The highest BCUT2D eigenvalue weighted by molar-refractivity contribution is 7.08. The third-order valence-electron chi connectivity index (χ3n) is 7.00. The molecule has 2 atom stereocenters. The number of carbonyl (C=O) groups excluding carboxylic acids is 2. The summed E-state index contributed by atoms with van der Waals surface area (Å²) in [6.07, 6.45) is 1.78. The van der Waals surface area contributed by atoms with Crippen LogP contribution in [-0.2, 0) is 21.4 Å². The summed E-state index contributed by atoms with van der Waals surface area (Å²) >= 11 is 1.61. The zero-order valence-corrected chi connectivity index (χ0v) is 17.7. The highest BCUT2D eigenvalue weighted by Gasteiger charge is 2.55. The fraction of sp³-hybridized carbons (Fsp3) is 0.308. The molecule has 1 aliphatic carbocycles. The van der Waals surface area contributed by atoms with Gasteiger partial charge in [-0.25, -0.2) is 0 Å². The Morgan fingerprint density at radius 3 is 2.23 bits per heavy atom. The second-order valence-corrected chi connectivity index (χ2v) is 9.27. The zero-order valence-electron chi connectivity index (χ0n) is 16.9. The van der Waals surface area contributed by atoms with E-state index in [2.05, 4.69) is 48.5 Å². The molecule has 1 aliphatic heterocycles. The molecule has 0 N–H and O–H groups in total. The van der Waals surface area contributed by atoms with Crippen LogP contribution in [0.25, 0.3) is 0 Å². The van der Waals surface area contributed by atoms with Crippen molar-refractivity contribution >= 4 is 23.0 Å². The van der Waals surface area contributed by atoms with Gasteiger partial charge in [-0.05, 0) is 39.9 Å². The number of hydrogen-bond acceptors (Lipinski definition) is 3. The number of fused-ring (bicyclic) bond motifs is 1. The number of Topliss-reactive ketones (excluding diaryl/α,β-unsaturated/α-hetero) is 1. The molecule has 2 aliphatic rings. The summed E-state index contributed by atoms with van der Waals surface area (Å²) < 4.78 is 0. The van der Waals surface area contributed by atoms with E-state index in [9.17, 15) is 9.59 Å². The van der Waals surface area contributed by atoms with Gasteiger partial charge in [-0.15, -0.1) is 0 Å². The lowest BCUT2D eigenvalue weighted by Gasteiger charge is -2.45. The molecule has 1 amide bonds. The molecule has 2 aromatic carbocycles. The van der Waals surface area contributed by atoms with E-state index >= 15 is 0 Å². The molecule has 1 saturated carbocycles. The van der Waals surface area contributed by atoms with E-state index in [0.717, 1.165) is 12.0 Å². The molecule has 1 saturated heterocycles. The van der Waals surface area contributed by atoms with Gasteiger partial charge < -0.3 is 4.90 Å². The first-order valence-corrected chi connectivity index (χ1v) is 11.6. The fourth-order valence-corrected chi connectivity index (χ4v) is 6.23. The van der Waals surface area contributed by atoms with Crippen molar-refractivity contribution in [1.29, 1.82) is 0 Å². The summed E-state index contributed by atoms with van der Waals surface area (Å²) in [5.41, 5.74) is 3.33. The highest BCUT2D eigenvalue weighted by Crippen LogP contribution is 2.52. The Morgan fingerprint density at radius 1 is 0.967 bits per heavy atom. The smallest absolute Gasteiger partial charge is 0.227 e. The first-order chi connectivity index (χ1) is 14.7. The van der Waals surface area contributed by atoms with Gasteiger partial charge >= 0.3 is 0 Å². The number of carbonyl (C=O) groups is 2. The van der Waals surface area contributed by atoms with Crippen molar-refractivity contribution < 1.29 is 9.59 Å². The average molecular weight is 416 g/mol. The van der Waals surface area contributed by atoms with E-state index in [-0.39, 0.29) is 23.2 Å². The number of benzene rings is 2. The first kappa shape index (κ1) is 19.3. The fourth-order valence-electron chi connectivity index (χ4n) is 5.56. The quantitative estimate of drug-likeness (QED) is 0.619. The number of thiophene rings is 1. The molecule has 2 unspecified atom stereocenters. The van der Waals surface area contributed by atoms with Crippen LogP contribution in [0.4, 0.5) is 0 Å². The number of nitrogens with zero attached hydrogens (tertiary/aromatic N) is 1. The molecule has 0 spiro atoms. The lowest BCUT2D eigenvalue weighted by atomic mass is 9.56. The minimum atomic E-state index is -0.238. The highest BCUT2D eigenvalue weighted by atomic mass is 32.1. The lowest BCUT2D eigenvalue weighted by molar-refractivity contribution is -0.129. The monoisotopic (exact) mass is 415 g/mol. The van der Waals surface area contributed by atoms with Crippen molar-refractivity contribution in [3.63, 3.8) is 0 Å². The summed E-state index contributed by atoms with van der Waals surface area (Å²) in [5, 5.41) is 4.04. The maximum absolute atomic E-state index is 13.1. The van der Waals surface area contributed by atoms with E-state index in [0.29, 0.717) is 31.7 Å². The Bertz CT molecular complexity index is 990. The van der Waals surface area contributed by atoms with Gasteiger partial charge in [-0.2, -0.15) is 11.3 Å². The molecule has 3 nitrogen and oxygen atoms in total. The van der Waals surface area contributed by atoms with Crippen LogP contribution in [-0.4, -0.2) is 29.7 Å². The zero-order chi connectivity index (χ0) is 20.6. The Morgan fingerprint density at radius 2 is 1.63 bits per heavy atom. The molecule has 152 valence electrons. The summed E-state index contributed by atoms with van der Waals surface area (Å²) in [7, 11) is 0. The maximum atomic E-state index is 13.1. The van der Waals surface area contributed by atoms with Gasteiger partial charge in [0, 0.05) is 36.8 Å². The van der Waals surface area contributed by atoms with E-state index in [1.54, 1.807) is 11.3 Å². The molecule has 2 fully saturated rings. The van der Waals surface area contributed by atoms with Gasteiger partial charge in [0.2, 0.25) is 5.91 Å². The van der Waals surface area contributed by atoms with Crippen molar-refractivity contribution in [2.75, 3.05) is 13.1 Å². The number of likely N-dealkylation sites (tertiary alicyclic amines) is 1. The van der Waals surface area contributed by atoms with Crippen molar-refractivity contribution in [2.24, 2.45) is 11.8 Å². The van der Waals surface area contributed by atoms with E-state index in [1.807, 2.05) is 33.9 Å². The van der Waals surface area contributed by atoms with Crippen LogP contribution in [0, 0.1) is 11.8 Å². The maximum Gasteiger partial charge on any atom is 0.227 e. The molecular weight excluding hydrogens is 390 g/mol. The molecule has 3 aromatic rings. The van der Waals surface area contributed by atoms with Crippen LogP contribution in [0.2, 0.25) is 0 Å². The number of amides is 1. The summed E-state index contributed by atoms with van der Waals surface area (Å²) in [5.74, 6) is 0.458. The van der Waals surface area contributed by atoms with Gasteiger partial charge in [0.25, 0.3) is 0 Å². The van der Waals surface area contributed by atoms with E-state index in [4.69, 9.17) is 0 Å². The predicted molar refractivity (Wildman–Crippen MR) is 119 cm³/mol. The number of ketones is 1. The van der Waals surface area contributed by atoms with Crippen molar-refractivity contribution in [3.8, 4) is 0 Å². The van der Waals surface area contributed by atoms with Crippen LogP contribution < -0.4 is 0 Å². The summed E-state index contributed by atoms with van der Waals surface area (Å²) in [4.78, 5) is 28.0. The molecule has 0 bridgehead atoms. The van der Waals surface area contributed by atoms with E-state index < -0.39 is 0 Å². The Hall–Kier alpha value is -2.72. The minimum absolute atomic E-state index is 0.0920. The van der Waals surface area contributed by atoms with Crippen LogP contribution in [0.3, 0.4) is 0 Å². The SMILES string of the molecule is O=C1CCC(c2ccccc2)(c2ccccc2)C2CN(C(=O)Cc3ccsc3)CC12. The Kier molecular flexibility index (Phi) is 5.03. The largest absolute Gasteiger partial charge is 0.341 e. The lowest BCUT2D eigenvalue weighted by Crippen LogP contribution is -2.47. The van der Waals surface area contributed by atoms with Crippen LogP contribution in [0.15, 0.2) is 77.5 Å². The summed E-state index contributed by atoms with van der Waals surface area (Å²) in [6.45, 7) is 1.19. The molecule has 4 heteroatoms. The second kappa shape index (κ2) is 7.84. The van der Waals surface area contributed by atoms with E-state index in [1.165, 1.54) is 11.1 Å². The molecule has 1 aromatic heterocycles. The Balaban J connectivity index is 1.54. The number of hydrogen-bond donors (Lipinski definition) is 0.